The van der Waals surface area contributed by atoms with E-state index >= 15 is 0 Å². The molecule has 5 nitrogen and oxygen atoms in total. The first-order valence-corrected chi connectivity index (χ1v) is 12.1. The van der Waals surface area contributed by atoms with Gasteiger partial charge in [0.05, 0.1) is 29.2 Å². The third kappa shape index (κ3) is 5.60. The van der Waals surface area contributed by atoms with E-state index in [1.807, 2.05) is 41.3 Å². The number of nitrogens with zero attached hydrogens (tertiary/aromatic N) is 3. The van der Waals surface area contributed by atoms with Crippen molar-refractivity contribution < 1.29 is 9.53 Å². The van der Waals surface area contributed by atoms with Gasteiger partial charge in [0, 0.05) is 31.1 Å². The Morgan fingerprint density at radius 2 is 2.00 bits per heavy atom. The van der Waals surface area contributed by atoms with Crippen LogP contribution in [0.1, 0.15) is 12.0 Å². The van der Waals surface area contributed by atoms with Gasteiger partial charge in [-0.25, -0.2) is 4.98 Å². The lowest BCUT2D eigenvalue weighted by molar-refractivity contribution is -0.116. The zero-order valence-corrected chi connectivity index (χ0v) is 18.9. The zero-order valence-electron chi connectivity index (χ0n) is 17.3. The molecule has 3 aromatic rings. The van der Waals surface area contributed by atoms with Crippen LogP contribution < -0.4 is 4.90 Å². The van der Waals surface area contributed by atoms with Crippen LogP contribution in [0, 0.1) is 6.92 Å². The van der Waals surface area contributed by atoms with Crippen LogP contribution in [0.3, 0.4) is 0 Å². The number of rotatable bonds is 8. The van der Waals surface area contributed by atoms with Gasteiger partial charge in [0.1, 0.15) is 0 Å². The largest absolute Gasteiger partial charge is 0.379 e. The molecule has 0 saturated carbocycles. The second-order valence-electron chi connectivity index (χ2n) is 7.42. The van der Waals surface area contributed by atoms with Gasteiger partial charge in [-0.15, -0.1) is 11.8 Å². The Bertz CT molecular complexity index is 971. The number of ether oxygens (including phenoxy) is 1. The molecule has 0 atom stereocenters. The topological polar surface area (TPSA) is 45.7 Å². The number of benzene rings is 2. The average molecular weight is 442 g/mol. The molecular weight excluding hydrogens is 414 g/mol. The van der Waals surface area contributed by atoms with E-state index in [2.05, 4.69) is 24.0 Å². The van der Waals surface area contributed by atoms with E-state index in [-0.39, 0.29) is 5.91 Å². The standard InChI is InChI=1S/C23H27N3O2S2/c1-18-8-9-20-21(16-18)30-23(24-20)26(11-5-10-25-12-14-28-15-13-25)22(27)17-29-19-6-3-2-4-7-19/h2-4,6-9,16H,5,10-15,17H2,1H3. The van der Waals surface area contributed by atoms with Crippen LogP contribution in [0.25, 0.3) is 10.2 Å². The first-order valence-electron chi connectivity index (χ1n) is 10.3. The van der Waals surface area contributed by atoms with Gasteiger partial charge in [0.15, 0.2) is 5.13 Å². The van der Waals surface area contributed by atoms with Crippen molar-refractivity contribution in [1.29, 1.82) is 0 Å². The Morgan fingerprint density at radius 3 is 2.80 bits per heavy atom. The van der Waals surface area contributed by atoms with Gasteiger partial charge in [0.2, 0.25) is 5.91 Å². The summed E-state index contributed by atoms with van der Waals surface area (Å²) in [4.78, 5) is 23.4. The van der Waals surface area contributed by atoms with Crippen LogP contribution >= 0.6 is 23.1 Å². The molecular formula is C23H27N3O2S2. The van der Waals surface area contributed by atoms with Gasteiger partial charge in [-0.2, -0.15) is 0 Å². The summed E-state index contributed by atoms with van der Waals surface area (Å²) >= 11 is 3.19. The molecule has 1 amide bonds. The molecule has 2 heterocycles. The highest BCUT2D eigenvalue weighted by atomic mass is 32.2. The molecule has 0 bridgehead atoms. The maximum atomic E-state index is 13.2. The Kier molecular flexibility index (Phi) is 7.38. The lowest BCUT2D eigenvalue weighted by Crippen LogP contribution is -2.39. The van der Waals surface area contributed by atoms with E-state index < -0.39 is 0 Å². The molecule has 1 fully saturated rings. The first kappa shape index (κ1) is 21.3. The molecule has 158 valence electrons. The van der Waals surface area contributed by atoms with Crippen molar-refractivity contribution in [2.24, 2.45) is 0 Å². The van der Waals surface area contributed by atoms with Crippen molar-refractivity contribution in [1.82, 2.24) is 9.88 Å². The summed E-state index contributed by atoms with van der Waals surface area (Å²) in [5.74, 6) is 0.526. The predicted molar refractivity (Wildman–Crippen MR) is 126 cm³/mol. The van der Waals surface area contributed by atoms with E-state index in [0.717, 1.165) is 59.5 Å². The minimum atomic E-state index is 0.113. The van der Waals surface area contributed by atoms with Gasteiger partial charge in [-0.1, -0.05) is 35.6 Å². The van der Waals surface area contributed by atoms with Gasteiger partial charge in [-0.3, -0.25) is 14.6 Å². The Hall–Kier alpha value is -1.93. The molecule has 4 rings (SSSR count). The monoisotopic (exact) mass is 441 g/mol. The van der Waals surface area contributed by atoms with Crippen molar-refractivity contribution in [2.75, 3.05) is 50.0 Å². The van der Waals surface area contributed by atoms with Crippen molar-refractivity contribution in [3.05, 3.63) is 54.1 Å². The fraction of sp³-hybridized carbons (Fsp3) is 0.391. The SMILES string of the molecule is Cc1ccc2nc(N(CCCN3CCOCC3)C(=O)CSc3ccccc3)sc2c1. The highest BCUT2D eigenvalue weighted by Gasteiger charge is 2.20. The molecule has 7 heteroatoms. The van der Waals surface area contributed by atoms with Crippen molar-refractivity contribution in [3.8, 4) is 0 Å². The molecule has 0 unspecified atom stereocenters. The maximum absolute atomic E-state index is 13.2. The predicted octanol–water partition coefficient (Wildman–Crippen LogP) is 4.45. The summed E-state index contributed by atoms with van der Waals surface area (Å²) in [6.45, 7) is 7.28. The second kappa shape index (κ2) is 10.4. The maximum Gasteiger partial charge on any atom is 0.239 e. The van der Waals surface area contributed by atoms with Crippen molar-refractivity contribution in [3.63, 3.8) is 0 Å². The minimum Gasteiger partial charge on any atom is -0.379 e. The third-order valence-corrected chi connectivity index (χ3v) is 7.17. The van der Waals surface area contributed by atoms with E-state index in [4.69, 9.17) is 9.72 Å². The van der Waals surface area contributed by atoms with Crippen molar-refractivity contribution in [2.45, 2.75) is 18.2 Å². The summed E-state index contributed by atoms with van der Waals surface area (Å²) in [7, 11) is 0. The summed E-state index contributed by atoms with van der Waals surface area (Å²) in [5, 5.41) is 0.802. The molecule has 1 aromatic heterocycles. The van der Waals surface area contributed by atoms with E-state index in [0.29, 0.717) is 12.3 Å². The van der Waals surface area contributed by atoms with Crippen LogP contribution in [0.5, 0.6) is 0 Å². The molecule has 0 aliphatic carbocycles. The number of aromatic nitrogens is 1. The van der Waals surface area contributed by atoms with Crippen LogP contribution in [-0.4, -0.2) is 60.9 Å². The first-order chi connectivity index (χ1) is 14.7. The number of anilines is 1. The zero-order chi connectivity index (χ0) is 20.8. The summed E-state index contributed by atoms with van der Waals surface area (Å²) < 4.78 is 6.57. The van der Waals surface area contributed by atoms with E-state index in [1.165, 1.54) is 5.56 Å². The van der Waals surface area contributed by atoms with Gasteiger partial charge < -0.3 is 4.74 Å². The lowest BCUT2D eigenvalue weighted by Gasteiger charge is -2.27. The molecule has 2 aromatic carbocycles. The fourth-order valence-corrected chi connectivity index (χ4v) is 5.38. The second-order valence-corrected chi connectivity index (χ2v) is 9.48. The summed E-state index contributed by atoms with van der Waals surface area (Å²) in [5.41, 5.74) is 2.17. The number of amides is 1. The molecule has 1 aliphatic rings. The van der Waals surface area contributed by atoms with Gasteiger partial charge in [-0.05, 0) is 43.2 Å². The normalized spacial score (nSPS) is 14.8. The van der Waals surface area contributed by atoms with Crippen molar-refractivity contribution >= 4 is 44.4 Å². The highest BCUT2D eigenvalue weighted by molar-refractivity contribution is 8.00. The number of morpholine rings is 1. The Labute approximate surface area is 186 Å². The van der Waals surface area contributed by atoms with E-state index in [1.54, 1.807) is 23.1 Å². The number of aryl methyl sites for hydroxylation is 1. The Morgan fingerprint density at radius 1 is 1.20 bits per heavy atom. The quantitative estimate of drug-likeness (QED) is 0.483. The fourth-order valence-electron chi connectivity index (χ4n) is 3.48. The number of carbonyl (C=O) groups is 1. The molecule has 1 saturated heterocycles. The number of hydrogen-bond acceptors (Lipinski definition) is 6. The van der Waals surface area contributed by atoms with Crippen LogP contribution in [0.15, 0.2) is 53.4 Å². The molecule has 1 aliphatic heterocycles. The summed E-state index contributed by atoms with van der Waals surface area (Å²) in [6, 6.07) is 16.3. The summed E-state index contributed by atoms with van der Waals surface area (Å²) in [6.07, 6.45) is 0.927. The number of thioether (sulfide) groups is 1. The third-order valence-electron chi connectivity index (χ3n) is 5.13. The highest BCUT2D eigenvalue weighted by Crippen LogP contribution is 2.30. The molecule has 0 N–H and O–H groups in total. The number of fused-ring (bicyclic) bond motifs is 1. The molecule has 0 radical (unpaired) electrons. The number of carbonyl (C=O) groups excluding carboxylic acids is 1. The van der Waals surface area contributed by atoms with Gasteiger partial charge >= 0.3 is 0 Å². The van der Waals surface area contributed by atoms with Gasteiger partial charge in [0.25, 0.3) is 0 Å². The number of hydrogen-bond donors (Lipinski definition) is 0. The minimum absolute atomic E-state index is 0.113. The Balaban J connectivity index is 1.46. The molecule has 0 spiro atoms. The van der Waals surface area contributed by atoms with Crippen LogP contribution in [0.4, 0.5) is 5.13 Å². The van der Waals surface area contributed by atoms with Crippen LogP contribution in [-0.2, 0) is 9.53 Å². The smallest absolute Gasteiger partial charge is 0.239 e. The van der Waals surface area contributed by atoms with Crippen LogP contribution in [0.2, 0.25) is 0 Å². The lowest BCUT2D eigenvalue weighted by atomic mass is 10.2. The van der Waals surface area contributed by atoms with E-state index in [9.17, 15) is 4.79 Å². The molecule has 30 heavy (non-hydrogen) atoms. The number of thiazole rings is 1. The average Bonchev–Trinajstić information content (AvgIpc) is 3.19.